The summed E-state index contributed by atoms with van der Waals surface area (Å²) < 4.78 is 39.9. The zero-order chi connectivity index (χ0) is 27.8. The van der Waals surface area contributed by atoms with Gasteiger partial charge in [0.1, 0.15) is 23.7 Å². The molecule has 0 saturated carbocycles. The first-order chi connectivity index (χ1) is 17.9. The second-order valence-corrected chi connectivity index (χ2v) is 10.0. The maximum atomic E-state index is 13.0. The first kappa shape index (κ1) is 27.4. The molecule has 2 aliphatic rings. The predicted octanol–water partition coefficient (Wildman–Crippen LogP) is 0.341. The summed E-state index contributed by atoms with van der Waals surface area (Å²) in [6.07, 6.45) is -6.68. The number of amides is 2. The van der Waals surface area contributed by atoms with Gasteiger partial charge in [0.25, 0.3) is 11.8 Å². The van der Waals surface area contributed by atoms with Crippen LogP contribution in [0.25, 0.3) is 0 Å². The Bertz CT molecular complexity index is 1330. The smallest absolute Gasteiger partial charge is 0.416 e. The molecule has 1 aromatic carbocycles. The Hall–Kier alpha value is -3.64. The van der Waals surface area contributed by atoms with Gasteiger partial charge in [0.05, 0.1) is 5.56 Å². The van der Waals surface area contributed by atoms with Gasteiger partial charge < -0.3 is 20.6 Å². The number of hydrogen-bond donors (Lipinski definition) is 4. The topological polar surface area (TPSA) is 188 Å². The number of carbonyl (C=O) groups is 4. The third-order valence-electron chi connectivity index (χ3n) is 5.49. The lowest BCUT2D eigenvalue weighted by Crippen LogP contribution is -2.70. The van der Waals surface area contributed by atoms with E-state index in [-0.39, 0.29) is 27.9 Å². The van der Waals surface area contributed by atoms with E-state index in [0.29, 0.717) is 11.6 Å². The molecule has 2 aromatic rings. The van der Waals surface area contributed by atoms with Gasteiger partial charge in [-0.25, -0.2) is 9.48 Å². The summed E-state index contributed by atoms with van der Waals surface area (Å²) in [5.41, 5.74) is -1.37. The maximum Gasteiger partial charge on any atom is 0.416 e. The molecule has 0 spiro atoms. The van der Waals surface area contributed by atoms with Crippen molar-refractivity contribution in [2.45, 2.75) is 35.4 Å². The van der Waals surface area contributed by atoms with Crippen LogP contribution in [0.5, 0.6) is 0 Å². The second kappa shape index (κ2) is 10.6. The molecule has 2 aliphatic heterocycles. The molecule has 1 fully saturated rings. The number of β-lactam (4-membered cyclic amide) rings is 1. The molecule has 13 nitrogen and oxygen atoms in total. The summed E-state index contributed by atoms with van der Waals surface area (Å²) in [4.78, 5) is 49.2. The first-order valence-electron chi connectivity index (χ1n) is 10.5. The van der Waals surface area contributed by atoms with Gasteiger partial charge in [-0.05, 0) is 33.7 Å². The number of carboxylic acid groups (broad SMARTS) is 2. The van der Waals surface area contributed by atoms with Crippen LogP contribution in [0, 0.1) is 0 Å². The van der Waals surface area contributed by atoms with Gasteiger partial charge >= 0.3 is 18.1 Å². The van der Waals surface area contributed by atoms with Crippen molar-refractivity contribution in [3.05, 3.63) is 46.7 Å². The number of fused-ring (bicyclic) bond motifs is 1. The van der Waals surface area contributed by atoms with Crippen LogP contribution >= 0.6 is 23.5 Å². The Morgan fingerprint density at radius 3 is 2.66 bits per heavy atom. The van der Waals surface area contributed by atoms with Crippen molar-refractivity contribution in [1.29, 1.82) is 0 Å². The zero-order valence-corrected chi connectivity index (χ0v) is 20.5. The van der Waals surface area contributed by atoms with Gasteiger partial charge in [-0.3, -0.25) is 19.3 Å². The monoisotopic (exact) mass is 574 g/mol. The molecular formula is C20H17F3N6O7S2. The van der Waals surface area contributed by atoms with Crippen molar-refractivity contribution in [3.63, 3.8) is 0 Å². The van der Waals surface area contributed by atoms with Gasteiger partial charge in [0.15, 0.2) is 6.10 Å². The van der Waals surface area contributed by atoms with E-state index in [9.17, 15) is 42.6 Å². The van der Waals surface area contributed by atoms with Crippen LogP contribution in [0.4, 0.5) is 13.2 Å². The summed E-state index contributed by atoms with van der Waals surface area (Å²) in [5, 5.41) is 41.2. The fraction of sp³-hybridized carbons (Fsp3) is 0.350. The molecule has 1 unspecified atom stereocenters. The minimum atomic E-state index is -4.69. The molecule has 4 rings (SSSR count). The van der Waals surface area contributed by atoms with Crippen LogP contribution in [0.15, 0.2) is 40.7 Å². The number of aliphatic hydroxyl groups is 1. The van der Waals surface area contributed by atoms with E-state index in [1.54, 1.807) is 0 Å². The molecule has 0 radical (unpaired) electrons. The van der Waals surface area contributed by atoms with Crippen molar-refractivity contribution in [2.75, 3.05) is 11.5 Å². The normalized spacial score (nSPS) is 20.0. The third kappa shape index (κ3) is 5.46. The summed E-state index contributed by atoms with van der Waals surface area (Å²) in [7, 11) is 0. The van der Waals surface area contributed by atoms with Crippen LogP contribution < -0.4 is 5.32 Å². The Morgan fingerprint density at radius 2 is 2.00 bits per heavy atom. The third-order valence-corrected chi connectivity index (χ3v) is 7.87. The number of carboxylic acids is 2. The minimum absolute atomic E-state index is 0.0242. The summed E-state index contributed by atoms with van der Waals surface area (Å²) >= 11 is 2.11. The van der Waals surface area contributed by atoms with Crippen LogP contribution in [0.1, 0.15) is 17.2 Å². The number of alkyl halides is 3. The lowest BCUT2D eigenvalue weighted by molar-refractivity contribution is -0.151. The van der Waals surface area contributed by atoms with Gasteiger partial charge in [0, 0.05) is 11.5 Å². The molecule has 0 aliphatic carbocycles. The van der Waals surface area contributed by atoms with E-state index in [1.807, 2.05) is 0 Å². The number of aliphatic carboxylic acids is 2. The highest BCUT2D eigenvalue weighted by molar-refractivity contribution is 8.01. The molecule has 38 heavy (non-hydrogen) atoms. The van der Waals surface area contributed by atoms with Crippen molar-refractivity contribution in [1.82, 2.24) is 30.4 Å². The predicted molar refractivity (Wildman–Crippen MR) is 122 cm³/mol. The molecule has 3 atom stereocenters. The Labute approximate surface area is 219 Å². The summed E-state index contributed by atoms with van der Waals surface area (Å²) in [6.45, 7) is -0.505. The van der Waals surface area contributed by atoms with Crippen molar-refractivity contribution in [2.24, 2.45) is 0 Å². The Kier molecular flexibility index (Phi) is 7.65. The average molecular weight is 575 g/mol. The number of hydrogen-bond acceptors (Lipinski definition) is 10. The molecule has 2 amide bonds. The number of carbonyl (C=O) groups excluding carboxylic acids is 2. The van der Waals surface area contributed by atoms with Gasteiger partial charge in [-0.15, -0.1) is 16.9 Å². The minimum Gasteiger partial charge on any atom is -0.480 e. The van der Waals surface area contributed by atoms with Crippen LogP contribution in [0.2, 0.25) is 0 Å². The van der Waals surface area contributed by atoms with E-state index in [2.05, 4.69) is 20.8 Å². The molecule has 0 bridgehead atoms. The molecule has 202 valence electrons. The number of nitrogens with zero attached hydrogens (tertiary/aromatic N) is 5. The van der Waals surface area contributed by atoms with E-state index >= 15 is 0 Å². The largest absolute Gasteiger partial charge is 0.480 e. The Balaban J connectivity index is 1.45. The molecule has 18 heteroatoms. The Morgan fingerprint density at radius 1 is 1.26 bits per heavy atom. The highest BCUT2D eigenvalue weighted by Crippen LogP contribution is 2.41. The quantitative estimate of drug-likeness (QED) is 0.238. The van der Waals surface area contributed by atoms with E-state index in [4.69, 9.17) is 5.11 Å². The number of rotatable bonds is 9. The van der Waals surface area contributed by atoms with E-state index < -0.39 is 59.6 Å². The maximum absolute atomic E-state index is 13.0. The lowest BCUT2D eigenvalue weighted by Gasteiger charge is -2.49. The highest BCUT2D eigenvalue weighted by atomic mass is 32.2. The van der Waals surface area contributed by atoms with Gasteiger partial charge in [-0.2, -0.15) is 13.2 Å². The fourth-order valence-electron chi connectivity index (χ4n) is 3.74. The van der Waals surface area contributed by atoms with Gasteiger partial charge in [0.2, 0.25) is 5.16 Å². The fourth-order valence-corrected chi connectivity index (χ4v) is 6.10. The summed E-state index contributed by atoms with van der Waals surface area (Å²) in [5.74, 6) is -4.32. The average Bonchev–Trinajstić information content (AvgIpc) is 3.30. The molecule has 3 heterocycles. The lowest BCUT2D eigenvalue weighted by atomic mass is 10.0. The number of benzene rings is 1. The zero-order valence-electron chi connectivity index (χ0n) is 18.8. The molecule has 1 saturated heterocycles. The number of halogens is 3. The van der Waals surface area contributed by atoms with Crippen LogP contribution in [-0.4, -0.2) is 87.1 Å². The van der Waals surface area contributed by atoms with E-state index in [1.165, 1.54) is 0 Å². The first-order valence-corrected chi connectivity index (χ1v) is 12.6. The number of tetrazole rings is 1. The molecule has 4 N–H and O–H groups in total. The number of aliphatic hydroxyl groups excluding tert-OH is 1. The molecule has 1 aromatic heterocycles. The van der Waals surface area contributed by atoms with Crippen LogP contribution in [-0.2, 0) is 31.9 Å². The standard InChI is InChI=1S/C20H17F3N6O7S2/c21-20(22,23)10-3-1-2-8(4-10)14(32)15(33)24-12-16(34)29-13(18(35)36)9(6-37-17(12)29)7-38-19-25-26-27-28(19)5-11(30)31/h1-4,12,14,17,32H,5-7H2,(H,24,33)(H,30,31)(H,35,36)/t12?,14-,17-/m1/s1. The second-order valence-electron chi connectivity index (χ2n) is 7.98. The summed E-state index contributed by atoms with van der Waals surface area (Å²) in [6, 6.07) is 2.36. The highest BCUT2D eigenvalue weighted by Gasteiger charge is 2.54. The number of nitrogens with one attached hydrogen (secondary N) is 1. The van der Waals surface area contributed by atoms with Gasteiger partial charge in [-0.1, -0.05) is 23.9 Å². The van der Waals surface area contributed by atoms with Crippen molar-refractivity contribution < 1.29 is 47.7 Å². The van der Waals surface area contributed by atoms with Crippen molar-refractivity contribution in [3.8, 4) is 0 Å². The number of thioether (sulfide) groups is 2. The van der Waals surface area contributed by atoms with E-state index in [0.717, 1.165) is 51.3 Å². The SMILES string of the molecule is O=C(O)Cn1nnnc1SCC1=C(C(=O)O)N2C(=O)C(NC(=O)[C@H](O)c3cccc(C(F)(F)F)c3)[C@H]2SC1. The number of aromatic nitrogens is 4. The van der Waals surface area contributed by atoms with Crippen LogP contribution in [0.3, 0.4) is 0 Å². The van der Waals surface area contributed by atoms with Crippen molar-refractivity contribution >= 4 is 47.3 Å². The molecular weight excluding hydrogens is 557 g/mol.